The summed E-state index contributed by atoms with van der Waals surface area (Å²) in [6.07, 6.45) is 3.48. The largest absolute Gasteiger partial charge is 0.506 e. The summed E-state index contributed by atoms with van der Waals surface area (Å²) in [6, 6.07) is 8.84. The average molecular weight is 378 g/mol. The number of hydrogen-bond acceptors (Lipinski definition) is 4. The Morgan fingerprint density at radius 3 is 2.65 bits per heavy atom. The summed E-state index contributed by atoms with van der Waals surface area (Å²) in [6.45, 7) is 4.41. The van der Waals surface area contributed by atoms with Crippen LogP contribution >= 0.6 is 15.9 Å². The number of aliphatic imine (C=N–C) groups is 1. The summed E-state index contributed by atoms with van der Waals surface area (Å²) in [4.78, 5) is 4.31. The SMILES string of the molecule is CCCc1ccc(O)c(N=Cc2cc(Br)cc(OCC)c2O)c1. The molecule has 122 valence electrons. The van der Waals surface area contributed by atoms with Gasteiger partial charge in [0.15, 0.2) is 11.5 Å². The average Bonchev–Trinajstić information content (AvgIpc) is 2.52. The highest BCUT2D eigenvalue weighted by atomic mass is 79.9. The molecule has 0 aliphatic carbocycles. The van der Waals surface area contributed by atoms with Gasteiger partial charge in [0.05, 0.1) is 6.61 Å². The number of rotatable bonds is 6. The van der Waals surface area contributed by atoms with Crippen molar-refractivity contribution in [3.8, 4) is 17.2 Å². The zero-order valence-electron chi connectivity index (χ0n) is 13.2. The zero-order chi connectivity index (χ0) is 16.8. The van der Waals surface area contributed by atoms with Crippen LogP contribution in [0.3, 0.4) is 0 Å². The maximum Gasteiger partial charge on any atom is 0.166 e. The summed E-state index contributed by atoms with van der Waals surface area (Å²) in [5, 5.41) is 20.2. The van der Waals surface area contributed by atoms with E-state index in [0.29, 0.717) is 23.6 Å². The minimum absolute atomic E-state index is 0.0306. The molecule has 5 heteroatoms. The molecule has 0 unspecified atom stereocenters. The molecule has 2 aromatic carbocycles. The normalized spacial score (nSPS) is 11.1. The third-order valence-electron chi connectivity index (χ3n) is 3.29. The summed E-state index contributed by atoms with van der Waals surface area (Å²) >= 11 is 3.39. The molecule has 2 N–H and O–H groups in total. The van der Waals surface area contributed by atoms with Gasteiger partial charge in [0.2, 0.25) is 0 Å². The molecule has 0 aliphatic heterocycles. The minimum atomic E-state index is 0.0306. The molecular formula is C18H20BrNO3. The fraction of sp³-hybridized carbons (Fsp3) is 0.278. The number of phenolic OH excluding ortho intramolecular Hbond substituents is 2. The van der Waals surface area contributed by atoms with Crippen molar-refractivity contribution in [2.24, 2.45) is 4.99 Å². The van der Waals surface area contributed by atoms with E-state index in [4.69, 9.17) is 4.74 Å². The predicted octanol–water partition coefficient (Wildman–Crippen LogP) is 4.96. The second kappa shape index (κ2) is 8.02. The first-order chi connectivity index (χ1) is 11.0. The molecule has 0 spiro atoms. The van der Waals surface area contributed by atoms with Gasteiger partial charge in [-0.3, -0.25) is 4.99 Å². The van der Waals surface area contributed by atoms with Crippen molar-refractivity contribution >= 4 is 27.8 Å². The van der Waals surface area contributed by atoms with E-state index in [1.165, 1.54) is 6.21 Å². The first-order valence-electron chi connectivity index (χ1n) is 7.56. The Bertz CT molecular complexity index is 714. The third-order valence-corrected chi connectivity index (χ3v) is 3.75. The molecule has 0 bridgehead atoms. The molecule has 0 aliphatic rings. The first-order valence-corrected chi connectivity index (χ1v) is 8.35. The number of ether oxygens (including phenoxy) is 1. The van der Waals surface area contributed by atoms with Gasteiger partial charge in [-0.05, 0) is 43.2 Å². The Morgan fingerprint density at radius 1 is 1.17 bits per heavy atom. The third kappa shape index (κ3) is 4.48. The first kappa shape index (κ1) is 17.3. The Balaban J connectivity index is 2.35. The van der Waals surface area contributed by atoms with Gasteiger partial charge >= 0.3 is 0 Å². The van der Waals surface area contributed by atoms with Crippen LogP contribution in [-0.4, -0.2) is 23.0 Å². The maximum absolute atomic E-state index is 10.2. The van der Waals surface area contributed by atoms with Crippen molar-refractivity contribution < 1.29 is 14.9 Å². The lowest BCUT2D eigenvalue weighted by atomic mass is 10.1. The molecule has 2 rings (SSSR count). The van der Waals surface area contributed by atoms with Crippen LogP contribution in [0.4, 0.5) is 5.69 Å². The van der Waals surface area contributed by atoms with Crippen LogP contribution in [0, 0.1) is 0 Å². The van der Waals surface area contributed by atoms with Crippen LogP contribution < -0.4 is 4.74 Å². The fourth-order valence-electron chi connectivity index (χ4n) is 2.21. The lowest BCUT2D eigenvalue weighted by Crippen LogP contribution is -1.94. The number of aryl methyl sites for hydroxylation is 1. The lowest BCUT2D eigenvalue weighted by Gasteiger charge is -2.09. The number of halogens is 1. The highest BCUT2D eigenvalue weighted by molar-refractivity contribution is 9.10. The van der Waals surface area contributed by atoms with Crippen molar-refractivity contribution in [3.63, 3.8) is 0 Å². The van der Waals surface area contributed by atoms with E-state index < -0.39 is 0 Å². The van der Waals surface area contributed by atoms with Gasteiger partial charge in [0.25, 0.3) is 0 Å². The van der Waals surface area contributed by atoms with Crippen molar-refractivity contribution in [2.75, 3.05) is 6.61 Å². The molecule has 2 aromatic rings. The van der Waals surface area contributed by atoms with Crippen molar-refractivity contribution in [3.05, 3.63) is 45.9 Å². The van der Waals surface area contributed by atoms with Gasteiger partial charge in [-0.25, -0.2) is 0 Å². The van der Waals surface area contributed by atoms with Crippen molar-refractivity contribution in [1.29, 1.82) is 0 Å². The van der Waals surface area contributed by atoms with E-state index in [0.717, 1.165) is 22.9 Å². The summed E-state index contributed by atoms with van der Waals surface area (Å²) < 4.78 is 6.18. The van der Waals surface area contributed by atoms with E-state index >= 15 is 0 Å². The van der Waals surface area contributed by atoms with Crippen LogP contribution in [0.25, 0.3) is 0 Å². The van der Waals surface area contributed by atoms with Gasteiger partial charge < -0.3 is 14.9 Å². The molecule has 0 fully saturated rings. The van der Waals surface area contributed by atoms with Crippen LogP contribution in [0.15, 0.2) is 39.8 Å². The van der Waals surface area contributed by atoms with Gasteiger partial charge in [-0.1, -0.05) is 35.3 Å². The maximum atomic E-state index is 10.2. The predicted molar refractivity (Wildman–Crippen MR) is 96.3 cm³/mol. The minimum Gasteiger partial charge on any atom is -0.506 e. The van der Waals surface area contributed by atoms with Crippen LogP contribution in [0.5, 0.6) is 17.2 Å². The number of benzene rings is 2. The number of phenols is 2. The molecular weight excluding hydrogens is 358 g/mol. The molecule has 4 nitrogen and oxygen atoms in total. The van der Waals surface area contributed by atoms with Crippen LogP contribution in [-0.2, 0) is 6.42 Å². The topological polar surface area (TPSA) is 62.1 Å². The monoisotopic (exact) mass is 377 g/mol. The molecule has 0 radical (unpaired) electrons. The van der Waals surface area contributed by atoms with Gasteiger partial charge in [-0.2, -0.15) is 0 Å². The van der Waals surface area contributed by atoms with E-state index in [-0.39, 0.29) is 11.5 Å². The number of hydrogen-bond donors (Lipinski definition) is 2. The fourth-order valence-corrected chi connectivity index (χ4v) is 2.67. The number of nitrogens with zero attached hydrogens (tertiary/aromatic N) is 1. The quantitative estimate of drug-likeness (QED) is 0.699. The van der Waals surface area contributed by atoms with Gasteiger partial charge in [0, 0.05) is 16.3 Å². The second-order valence-corrected chi connectivity index (χ2v) is 6.02. The molecule has 0 heterocycles. The van der Waals surface area contributed by atoms with E-state index in [9.17, 15) is 10.2 Å². The second-order valence-electron chi connectivity index (χ2n) is 5.11. The van der Waals surface area contributed by atoms with Gasteiger partial charge in [0.1, 0.15) is 11.4 Å². The highest BCUT2D eigenvalue weighted by Crippen LogP contribution is 2.34. The zero-order valence-corrected chi connectivity index (χ0v) is 14.8. The lowest BCUT2D eigenvalue weighted by molar-refractivity contribution is 0.317. The molecule has 0 amide bonds. The molecule has 0 saturated carbocycles. The van der Waals surface area contributed by atoms with Crippen molar-refractivity contribution in [2.45, 2.75) is 26.7 Å². The van der Waals surface area contributed by atoms with E-state index in [2.05, 4.69) is 27.8 Å². The standard InChI is InChI=1S/C18H20BrNO3/c1-3-5-12-6-7-16(21)15(8-12)20-11-13-9-14(19)10-17(18(13)22)23-4-2/h6-11,21-22H,3-5H2,1-2H3. The number of aromatic hydroxyl groups is 2. The van der Waals surface area contributed by atoms with Crippen LogP contribution in [0.1, 0.15) is 31.4 Å². The molecule has 0 atom stereocenters. The Morgan fingerprint density at radius 2 is 1.96 bits per heavy atom. The molecule has 0 saturated heterocycles. The summed E-state index contributed by atoms with van der Waals surface area (Å²) in [5.74, 6) is 0.538. The summed E-state index contributed by atoms with van der Waals surface area (Å²) in [7, 11) is 0. The Hall–Kier alpha value is -2.01. The molecule has 23 heavy (non-hydrogen) atoms. The Kier molecular flexibility index (Phi) is 6.04. The highest BCUT2D eigenvalue weighted by Gasteiger charge is 2.09. The van der Waals surface area contributed by atoms with Crippen molar-refractivity contribution in [1.82, 2.24) is 0 Å². The van der Waals surface area contributed by atoms with E-state index in [1.54, 1.807) is 18.2 Å². The summed E-state index contributed by atoms with van der Waals surface area (Å²) in [5.41, 5.74) is 2.11. The smallest absolute Gasteiger partial charge is 0.166 e. The van der Waals surface area contributed by atoms with Gasteiger partial charge in [-0.15, -0.1) is 0 Å². The van der Waals surface area contributed by atoms with Crippen LogP contribution in [0.2, 0.25) is 0 Å². The molecule has 0 aromatic heterocycles. The van der Waals surface area contributed by atoms with E-state index in [1.807, 2.05) is 19.1 Å². The Labute approximate surface area is 144 Å².